The Kier molecular flexibility index (Phi) is 4.80. The maximum atomic E-state index is 12.1. The van der Waals surface area contributed by atoms with Gasteiger partial charge in [0.15, 0.2) is 0 Å². The summed E-state index contributed by atoms with van der Waals surface area (Å²) < 4.78 is 5.10. The molecule has 0 heterocycles. The van der Waals surface area contributed by atoms with Gasteiger partial charge in [0.25, 0.3) is 0 Å². The predicted octanol–water partition coefficient (Wildman–Crippen LogP) is 1.83. The van der Waals surface area contributed by atoms with Gasteiger partial charge in [-0.05, 0) is 30.5 Å². The van der Waals surface area contributed by atoms with Crippen molar-refractivity contribution in [1.29, 1.82) is 0 Å². The number of nitrogens with one attached hydrogen (secondary N) is 1. The molecule has 0 aliphatic heterocycles. The third kappa shape index (κ3) is 3.70. The summed E-state index contributed by atoms with van der Waals surface area (Å²) in [6.45, 7) is 0.548. The molecule has 1 saturated carbocycles. The van der Waals surface area contributed by atoms with Crippen molar-refractivity contribution in [3.63, 3.8) is 0 Å². The molecule has 19 heavy (non-hydrogen) atoms. The van der Waals surface area contributed by atoms with E-state index in [4.69, 9.17) is 10.5 Å². The fraction of sp³-hybridized carbons (Fsp3) is 0.533. The zero-order valence-corrected chi connectivity index (χ0v) is 11.4. The van der Waals surface area contributed by atoms with Gasteiger partial charge in [-0.3, -0.25) is 4.79 Å². The first-order chi connectivity index (χ1) is 9.20. The Balaban J connectivity index is 1.85. The Labute approximate surface area is 114 Å². The molecule has 3 N–H and O–H groups in total. The van der Waals surface area contributed by atoms with Gasteiger partial charge >= 0.3 is 0 Å². The highest BCUT2D eigenvalue weighted by Gasteiger charge is 2.27. The minimum absolute atomic E-state index is 0.0182. The molecule has 4 nitrogen and oxygen atoms in total. The average Bonchev–Trinajstić information content (AvgIpc) is 2.46. The zero-order valence-electron chi connectivity index (χ0n) is 11.4. The van der Waals surface area contributed by atoms with Crippen molar-refractivity contribution in [3.8, 4) is 5.75 Å². The number of amides is 1. The Morgan fingerprint density at radius 1 is 1.32 bits per heavy atom. The monoisotopic (exact) mass is 262 g/mol. The second-order valence-electron chi connectivity index (χ2n) is 5.12. The second kappa shape index (κ2) is 6.57. The number of hydrogen-bond acceptors (Lipinski definition) is 3. The molecular formula is C15H22N2O2. The van der Waals surface area contributed by atoms with E-state index >= 15 is 0 Å². The SMILES string of the molecule is COc1ccc(CNC(=O)C2CCCCC2N)cc1. The Morgan fingerprint density at radius 2 is 2.00 bits per heavy atom. The minimum atomic E-state index is -0.0213. The summed E-state index contributed by atoms with van der Waals surface area (Å²) in [6.07, 6.45) is 4.12. The third-order valence-electron chi connectivity index (χ3n) is 3.78. The summed E-state index contributed by atoms with van der Waals surface area (Å²) in [4.78, 5) is 12.1. The number of hydrogen-bond donors (Lipinski definition) is 2. The van der Waals surface area contributed by atoms with Gasteiger partial charge in [-0.1, -0.05) is 25.0 Å². The van der Waals surface area contributed by atoms with Crippen molar-refractivity contribution < 1.29 is 9.53 Å². The van der Waals surface area contributed by atoms with Crippen molar-refractivity contribution in [3.05, 3.63) is 29.8 Å². The van der Waals surface area contributed by atoms with Crippen molar-refractivity contribution in [1.82, 2.24) is 5.32 Å². The first-order valence-electron chi connectivity index (χ1n) is 6.87. The minimum Gasteiger partial charge on any atom is -0.497 e. The molecule has 1 aliphatic rings. The number of ether oxygens (including phenoxy) is 1. The molecule has 4 heteroatoms. The van der Waals surface area contributed by atoms with Crippen LogP contribution in [0.5, 0.6) is 5.75 Å². The van der Waals surface area contributed by atoms with E-state index < -0.39 is 0 Å². The van der Waals surface area contributed by atoms with Crippen LogP contribution in [-0.4, -0.2) is 19.1 Å². The van der Waals surface area contributed by atoms with Crippen LogP contribution in [0.25, 0.3) is 0 Å². The van der Waals surface area contributed by atoms with Gasteiger partial charge in [-0.25, -0.2) is 0 Å². The summed E-state index contributed by atoms with van der Waals surface area (Å²) >= 11 is 0. The van der Waals surface area contributed by atoms with E-state index in [1.165, 1.54) is 0 Å². The normalized spacial score (nSPS) is 22.8. The van der Waals surface area contributed by atoms with Gasteiger partial charge in [0.1, 0.15) is 5.75 Å². The quantitative estimate of drug-likeness (QED) is 0.870. The third-order valence-corrected chi connectivity index (χ3v) is 3.78. The summed E-state index contributed by atoms with van der Waals surface area (Å²) in [5.41, 5.74) is 7.08. The topological polar surface area (TPSA) is 64.3 Å². The van der Waals surface area contributed by atoms with Crippen LogP contribution in [-0.2, 0) is 11.3 Å². The van der Waals surface area contributed by atoms with E-state index in [0.717, 1.165) is 37.0 Å². The lowest BCUT2D eigenvalue weighted by Gasteiger charge is -2.27. The molecule has 104 valence electrons. The zero-order chi connectivity index (χ0) is 13.7. The molecule has 0 radical (unpaired) electrons. The van der Waals surface area contributed by atoms with Gasteiger partial charge in [0.05, 0.1) is 13.0 Å². The Morgan fingerprint density at radius 3 is 2.63 bits per heavy atom. The van der Waals surface area contributed by atoms with Gasteiger partial charge in [0, 0.05) is 12.6 Å². The average molecular weight is 262 g/mol. The number of methoxy groups -OCH3 is 1. The van der Waals surface area contributed by atoms with Crippen LogP contribution < -0.4 is 15.8 Å². The molecule has 2 unspecified atom stereocenters. The molecule has 1 amide bonds. The molecule has 1 aliphatic carbocycles. The molecule has 2 rings (SSSR count). The number of benzene rings is 1. The smallest absolute Gasteiger partial charge is 0.224 e. The van der Waals surface area contributed by atoms with Gasteiger partial charge in [-0.2, -0.15) is 0 Å². The fourth-order valence-corrected chi connectivity index (χ4v) is 2.55. The summed E-state index contributed by atoms with van der Waals surface area (Å²) in [5.74, 6) is 0.888. The molecule has 0 saturated heterocycles. The number of carbonyl (C=O) groups excluding carboxylic acids is 1. The van der Waals surface area contributed by atoms with Crippen LogP contribution in [0.4, 0.5) is 0 Å². The van der Waals surface area contributed by atoms with Crippen molar-refractivity contribution in [2.75, 3.05) is 7.11 Å². The molecule has 2 atom stereocenters. The van der Waals surface area contributed by atoms with Crippen molar-refractivity contribution in [2.45, 2.75) is 38.3 Å². The largest absolute Gasteiger partial charge is 0.497 e. The summed E-state index contributed by atoms with van der Waals surface area (Å²) in [7, 11) is 1.64. The molecule has 0 aromatic heterocycles. The van der Waals surface area contributed by atoms with E-state index in [1.54, 1.807) is 7.11 Å². The fourth-order valence-electron chi connectivity index (χ4n) is 2.55. The van der Waals surface area contributed by atoms with Crippen LogP contribution in [0.2, 0.25) is 0 Å². The maximum Gasteiger partial charge on any atom is 0.224 e. The lowest BCUT2D eigenvalue weighted by atomic mass is 9.84. The first-order valence-corrected chi connectivity index (χ1v) is 6.87. The number of nitrogens with two attached hydrogens (primary N) is 1. The first kappa shape index (κ1) is 13.9. The lowest BCUT2D eigenvalue weighted by Crippen LogP contribution is -2.43. The molecule has 1 fully saturated rings. The summed E-state index contributed by atoms with van der Waals surface area (Å²) in [6, 6.07) is 7.73. The van der Waals surface area contributed by atoms with Crippen LogP contribution in [0.3, 0.4) is 0 Å². The summed E-state index contributed by atoms with van der Waals surface area (Å²) in [5, 5.41) is 2.98. The molecule has 0 bridgehead atoms. The van der Waals surface area contributed by atoms with Gasteiger partial charge in [0.2, 0.25) is 5.91 Å². The van der Waals surface area contributed by atoms with Crippen molar-refractivity contribution in [2.24, 2.45) is 11.7 Å². The van der Waals surface area contributed by atoms with Crippen LogP contribution in [0.15, 0.2) is 24.3 Å². The molecule has 1 aromatic carbocycles. The number of rotatable bonds is 4. The van der Waals surface area contributed by atoms with Crippen molar-refractivity contribution >= 4 is 5.91 Å². The van der Waals surface area contributed by atoms with Crippen LogP contribution >= 0.6 is 0 Å². The van der Waals surface area contributed by atoms with E-state index in [0.29, 0.717) is 6.54 Å². The number of carbonyl (C=O) groups is 1. The van der Waals surface area contributed by atoms with Gasteiger partial charge in [-0.15, -0.1) is 0 Å². The van der Waals surface area contributed by atoms with E-state index in [2.05, 4.69) is 5.32 Å². The molecule has 1 aromatic rings. The van der Waals surface area contributed by atoms with E-state index in [1.807, 2.05) is 24.3 Å². The molecular weight excluding hydrogens is 240 g/mol. The maximum absolute atomic E-state index is 12.1. The van der Waals surface area contributed by atoms with Gasteiger partial charge < -0.3 is 15.8 Å². The van der Waals surface area contributed by atoms with Crippen LogP contribution in [0.1, 0.15) is 31.2 Å². The van der Waals surface area contributed by atoms with Crippen LogP contribution in [0, 0.1) is 5.92 Å². The Bertz CT molecular complexity index is 417. The lowest BCUT2D eigenvalue weighted by molar-refractivity contribution is -0.126. The highest BCUT2D eigenvalue weighted by molar-refractivity contribution is 5.79. The standard InChI is InChI=1S/C15H22N2O2/c1-19-12-8-6-11(7-9-12)10-17-15(18)13-4-2-3-5-14(13)16/h6-9,13-14H,2-5,10,16H2,1H3,(H,17,18). The molecule has 0 spiro atoms. The highest BCUT2D eigenvalue weighted by Crippen LogP contribution is 2.23. The highest BCUT2D eigenvalue weighted by atomic mass is 16.5. The second-order valence-corrected chi connectivity index (χ2v) is 5.12. The predicted molar refractivity (Wildman–Crippen MR) is 74.8 cm³/mol. The van der Waals surface area contributed by atoms with E-state index in [-0.39, 0.29) is 17.9 Å². The Hall–Kier alpha value is -1.55. The van der Waals surface area contributed by atoms with E-state index in [9.17, 15) is 4.79 Å².